The number of hydrogen-bond donors (Lipinski definition) is 1. The molecular weight excluding hydrogens is 198 g/mol. The molecule has 0 aliphatic carbocycles. The number of para-hydroxylation sites is 1. The molecule has 1 aromatic carbocycles. The fourth-order valence-corrected chi connectivity index (χ4v) is 2.05. The Morgan fingerprint density at radius 3 is 2.62 bits per heavy atom. The minimum atomic E-state index is 0.108. The van der Waals surface area contributed by atoms with Crippen molar-refractivity contribution in [3.63, 3.8) is 0 Å². The Hall–Kier alpha value is -1.28. The zero-order chi connectivity index (χ0) is 11.8. The predicted molar refractivity (Wildman–Crippen MR) is 67.7 cm³/mol. The molecule has 2 N–H and O–H groups in total. The number of furan rings is 1. The second-order valence-corrected chi connectivity index (χ2v) is 5.23. The highest BCUT2D eigenvalue weighted by molar-refractivity contribution is 5.84. The van der Waals surface area contributed by atoms with E-state index in [9.17, 15) is 0 Å². The summed E-state index contributed by atoms with van der Waals surface area (Å²) in [7, 11) is 0. The number of rotatable bonds is 2. The first-order valence-corrected chi connectivity index (χ1v) is 5.73. The first-order chi connectivity index (χ1) is 7.54. The summed E-state index contributed by atoms with van der Waals surface area (Å²) in [5, 5.41) is 1.21. The topological polar surface area (TPSA) is 39.2 Å². The Morgan fingerprint density at radius 1 is 1.25 bits per heavy atom. The van der Waals surface area contributed by atoms with E-state index in [0.717, 1.165) is 12.0 Å². The van der Waals surface area contributed by atoms with Gasteiger partial charge in [0.1, 0.15) is 5.58 Å². The largest absolute Gasteiger partial charge is 0.464 e. The standard InChI is InChI=1S/C14H19NO/c1-14(2,3)12-6-4-5-11-10(7-8-15)9-16-13(11)12/h4-6,9H,7-8,15H2,1-3H3. The number of hydrogen-bond acceptors (Lipinski definition) is 2. The minimum Gasteiger partial charge on any atom is -0.464 e. The molecule has 0 unspecified atom stereocenters. The SMILES string of the molecule is CC(C)(C)c1cccc2c(CCN)coc12. The van der Waals surface area contributed by atoms with Crippen molar-refractivity contribution in [3.05, 3.63) is 35.6 Å². The van der Waals surface area contributed by atoms with Gasteiger partial charge >= 0.3 is 0 Å². The molecule has 16 heavy (non-hydrogen) atoms. The monoisotopic (exact) mass is 217 g/mol. The molecule has 1 heterocycles. The maximum absolute atomic E-state index is 5.70. The van der Waals surface area contributed by atoms with E-state index in [4.69, 9.17) is 10.2 Å². The summed E-state index contributed by atoms with van der Waals surface area (Å²) >= 11 is 0. The van der Waals surface area contributed by atoms with Crippen LogP contribution in [0.1, 0.15) is 31.9 Å². The van der Waals surface area contributed by atoms with Crippen LogP contribution in [-0.4, -0.2) is 6.54 Å². The highest BCUT2D eigenvalue weighted by Crippen LogP contribution is 2.32. The summed E-state index contributed by atoms with van der Waals surface area (Å²) in [6.07, 6.45) is 2.72. The smallest absolute Gasteiger partial charge is 0.137 e. The number of benzene rings is 1. The van der Waals surface area contributed by atoms with E-state index in [0.29, 0.717) is 6.54 Å². The van der Waals surface area contributed by atoms with Crippen LogP contribution >= 0.6 is 0 Å². The maximum Gasteiger partial charge on any atom is 0.137 e. The summed E-state index contributed by atoms with van der Waals surface area (Å²) < 4.78 is 5.70. The van der Waals surface area contributed by atoms with Crippen LogP contribution in [-0.2, 0) is 11.8 Å². The third kappa shape index (κ3) is 1.85. The molecule has 1 aromatic heterocycles. The van der Waals surface area contributed by atoms with Gasteiger partial charge in [-0.25, -0.2) is 0 Å². The fourth-order valence-electron chi connectivity index (χ4n) is 2.05. The molecule has 0 saturated heterocycles. The summed E-state index contributed by atoms with van der Waals surface area (Å²) in [4.78, 5) is 0. The predicted octanol–water partition coefficient (Wildman–Crippen LogP) is 3.23. The Balaban J connectivity index is 2.62. The summed E-state index contributed by atoms with van der Waals surface area (Å²) in [6.45, 7) is 7.26. The van der Waals surface area contributed by atoms with Crippen LogP contribution in [0, 0.1) is 0 Å². The van der Waals surface area contributed by atoms with Crippen LogP contribution in [0.3, 0.4) is 0 Å². The van der Waals surface area contributed by atoms with Crippen LogP contribution in [0.25, 0.3) is 11.0 Å². The van der Waals surface area contributed by atoms with Crippen LogP contribution < -0.4 is 5.73 Å². The molecule has 0 saturated carbocycles. The molecule has 0 atom stereocenters. The molecule has 2 rings (SSSR count). The van der Waals surface area contributed by atoms with Gasteiger partial charge in [0.15, 0.2) is 0 Å². The first-order valence-electron chi connectivity index (χ1n) is 5.73. The van der Waals surface area contributed by atoms with E-state index in [1.165, 1.54) is 16.5 Å². The van der Waals surface area contributed by atoms with Crippen molar-refractivity contribution in [1.82, 2.24) is 0 Å². The highest BCUT2D eigenvalue weighted by Gasteiger charge is 2.19. The zero-order valence-electron chi connectivity index (χ0n) is 10.2. The Bertz CT molecular complexity index is 491. The van der Waals surface area contributed by atoms with Crippen molar-refractivity contribution in [3.8, 4) is 0 Å². The van der Waals surface area contributed by atoms with E-state index in [-0.39, 0.29) is 5.41 Å². The Labute approximate surface area is 96.4 Å². The van der Waals surface area contributed by atoms with Crippen molar-refractivity contribution in [2.24, 2.45) is 5.73 Å². The highest BCUT2D eigenvalue weighted by atomic mass is 16.3. The second kappa shape index (κ2) is 3.95. The second-order valence-electron chi connectivity index (χ2n) is 5.23. The van der Waals surface area contributed by atoms with Gasteiger partial charge in [-0.1, -0.05) is 39.0 Å². The summed E-state index contributed by atoms with van der Waals surface area (Å²) in [5.74, 6) is 0. The van der Waals surface area contributed by atoms with E-state index in [2.05, 4.69) is 39.0 Å². The molecule has 0 fully saturated rings. The lowest BCUT2D eigenvalue weighted by Gasteiger charge is -2.18. The number of nitrogens with two attached hydrogens (primary N) is 1. The minimum absolute atomic E-state index is 0.108. The molecule has 0 bridgehead atoms. The van der Waals surface area contributed by atoms with Crippen LogP contribution in [0.5, 0.6) is 0 Å². The van der Waals surface area contributed by atoms with Gasteiger partial charge in [0.25, 0.3) is 0 Å². The average molecular weight is 217 g/mol. The molecule has 2 aromatic rings. The quantitative estimate of drug-likeness (QED) is 0.838. The Kier molecular flexibility index (Phi) is 2.76. The van der Waals surface area contributed by atoms with Crippen molar-refractivity contribution in [2.45, 2.75) is 32.6 Å². The van der Waals surface area contributed by atoms with Crippen molar-refractivity contribution >= 4 is 11.0 Å². The molecule has 0 radical (unpaired) electrons. The molecule has 0 aliphatic heterocycles. The average Bonchev–Trinajstić information content (AvgIpc) is 2.61. The van der Waals surface area contributed by atoms with E-state index in [1.807, 2.05) is 6.26 Å². The fraction of sp³-hybridized carbons (Fsp3) is 0.429. The molecule has 0 amide bonds. The van der Waals surface area contributed by atoms with Crippen molar-refractivity contribution < 1.29 is 4.42 Å². The molecule has 0 spiro atoms. The lowest BCUT2D eigenvalue weighted by Crippen LogP contribution is -2.11. The molecular formula is C14H19NO. The van der Waals surface area contributed by atoms with Gasteiger partial charge in [0, 0.05) is 10.9 Å². The zero-order valence-corrected chi connectivity index (χ0v) is 10.2. The summed E-state index contributed by atoms with van der Waals surface area (Å²) in [5.41, 5.74) is 9.18. The number of fused-ring (bicyclic) bond motifs is 1. The van der Waals surface area contributed by atoms with E-state index < -0.39 is 0 Å². The van der Waals surface area contributed by atoms with Gasteiger partial charge < -0.3 is 10.2 Å². The van der Waals surface area contributed by atoms with Crippen molar-refractivity contribution in [2.75, 3.05) is 6.54 Å². The first kappa shape index (κ1) is 11.2. The third-order valence-corrected chi connectivity index (χ3v) is 2.90. The van der Waals surface area contributed by atoms with E-state index >= 15 is 0 Å². The van der Waals surface area contributed by atoms with Gasteiger partial charge in [-0.05, 0) is 23.9 Å². The van der Waals surface area contributed by atoms with Gasteiger partial charge in [-0.2, -0.15) is 0 Å². The van der Waals surface area contributed by atoms with Gasteiger partial charge in [0.2, 0.25) is 0 Å². The molecule has 2 nitrogen and oxygen atoms in total. The van der Waals surface area contributed by atoms with Gasteiger partial charge in [0.05, 0.1) is 6.26 Å². The maximum atomic E-state index is 5.70. The van der Waals surface area contributed by atoms with Crippen LogP contribution in [0.4, 0.5) is 0 Å². The normalized spacial score (nSPS) is 12.2. The third-order valence-electron chi connectivity index (χ3n) is 2.90. The van der Waals surface area contributed by atoms with Gasteiger partial charge in [-0.3, -0.25) is 0 Å². The molecule has 0 aliphatic rings. The van der Waals surface area contributed by atoms with Crippen molar-refractivity contribution in [1.29, 1.82) is 0 Å². The van der Waals surface area contributed by atoms with Crippen LogP contribution in [0.2, 0.25) is 0 Å². The summed E-state index contributed by atoms with van der Waals surface area (Å²) in [6, 6.07) is 6.34. The van der Waals surface area contributed by atoms with Gasteiger partial charge in [-0.15, -0.1) is 0 Å². The lowest BCUT2D eigenvalue weighted by molar-refractivity contribution is 0.557. The Morgan fingerprint density at radius 2 is 2.00 bits per heavy atom. The van der Waals surface area contributed by atoms with E-state index in [1.54, 1.807) is 0 Å². The van der Waals surface area contributed by atoms with Crippen LogP contribution in [0.15, 0.2) is 28.9 Å². The molecule has 86 valence electrons. The molecule has 2 heteroatoms. The lowest BCUT2D eigenvalue weighted by atomic mass is 9.86.